The predicted octanol–water partition coefficient (Wildman–Crippen LogP) is 2.50. The number of nitrogens with two attached hydrogens (primary N) is 1. The SMILES string of the molecule is Nc1cc(C(F)F)ccc1S. The van der Waals surface area contributed by atoms with Gasteiger partial charge >= 0.3 is 0 Å². The van der Waals surface area contributed by atoms with Gasteiger partial charge in [-0.2, -0.15) is 0 Å². The Morgan fingerprint density at radius 1 is 1.36 bits per heavy atom. The van der Waals surface area contributed by atoms with Gasteiger partial charge in [0.25, 0.3) is 6.43 Å². The van der Waals surface area contributed by atoms with E-state index >= 15 is 0 Å². The number of rotatable bonds is 1. The molecule has 0 aliphatic carbocycles. The third kappa shape index (κ3) is 1.83. The summed E-state index contributed by atoms with van der Waals surface area (Å²) < 4.78 is 24.0. The van der Waals surface area contributed by atoms with E-state index in [2.05, 4.69) is 12.6 Å². The highest BCUT2D eigenvalue weighted by atomic mass is 32.1. The zero-order valence-corrected chi connectivity index (χ0v) is 6.48. The number of anilines is 1. The van der Waals surface area contributed by atoms with Gasteiger partial charge in [-0.25, -0.2) is 8.78 Å². The fourth-order valence-corrected chi connectivity index (χ4v) is 0.848. The van der Waals surface area contributed by atoms with Crippen molar-refractivity contribution >= 4 is 18.3 Å². The van der Waals surface area contributed by atoms with Gasteiger partial charge in [0.05, 0.1) is 0 Å². The van der Waals surface area contributed by atoms with Crippen molar-refractivity contribution in [1.82, 2.24) is 0 Å². The molecule has 4 heteroatoms. The van der Waals surface area contributed by atoms with E-state index in [1.807, 2.05) is 0 Å². The van der Waals surface area contributed by atoms with Crippen LogP contribution in [0.2, 0.25) is 0 Å². The van der Waals surface area contributed by atoms with E-state index in [1.165, 1.54) is 18.2 Å². The van der Waals surface area contributed by atoms with E-state index < -0.39 is 6.43 Å². The zero-order chi connectivity index (χ0) is 8.43. The van der Waals surface area contributed by atoms with Crippen LogP contribution in [-0.2, 0) is 0 Å². The van der Waals surface area contributed by atoms with E-state index in [0.29, 0.717) is 4.90 Å². The van der Waals surface area contributed by atoms with Crippen molar-refractivity contribution in [2.45, 2.75) is 11.3 Å². The number of nitrogen functional groups attached to an aromatic ring is 1. The van der Waals surface area contributed by atoms with Crippen LogP contribution >= 0.6 is 12.6 Å². The molecule has 0 atom stereocenters. The third-order valence-corrected chi connectivity index (χ3v) is 1.71. The molecule has 0 aliphatic rings. The summed E-state index contributed by atoms with van der Waals surface area (Å²) in [7, 11) is 0. The summed E-state index contributed by atoms with van der Waals surface area (Å²) in [6.07, 6.45) is -2.47. The lowest BCUT2D eigenvalue weighted by Gasteiger charge is -2.02. The van der Waals surface area contributed by atoms with Crippen LogP contribution in [0.15, 0.2) is 23.1 Å². The van der Waals surface area contributed by atoms with Crippen LogP contribution in [0.1, 0.15) is 12.0 Å². The van der Waals surface area contributed by atoms with Gasteiger partial charge in [0.1, 0.15) is 0 Å². The van der Waals surface area contributed by atoms with Crippen LogP contribution in [0, 0.1) is 0 Å². The molecule has 11 heavy (non-hydrogen) atoms. The van der Waals surface area contributed by atoms with Gasteiger partial charge in [0.2, 0.25) is 0 Å². The molecule has 60 valence electrons. The number of benzene rings is 1. The molecule has 0 heterocycles. The highest BCUT2D eigenvalue weighted by molar-refractivity contribution is 7.80. The Morgan fingerprint density at radius 2 is 2.00 bits per heavy atom. The van der Waals surface area contributed by atoms with E-state index in [-0.39, 0.29) is 11.3 Å². The minimum Gasteiger partial charge on any atom is -0.398 e. The second kappa shape index (κ2) is 3.09. The summed E-state index contributed by atoms with van der Waals surface area (Å²) in [6.45, 7) is 0. The maximum absolute atomic E-state index is 12.0. The van der Waals surface area contributed by atoms with Gasteiger partial charge in [-0.3, -0.25) is 0 Å². The molecule has 2 N–H and O–H groups in total. The molecule has 0 saturated heterocycles. The van der Waals surface area contributed by atoms with Crippen molar-refractivity contribution in [3.8, 4) is 0 Å². The molecular weight excluding hydrogens is 168 g/mol. The van der Waals surface area contributed by atoms with Gasteiger partial charge in [-0.1, -0.05) is 6.07 Å². The first-order valence-corrected chi connectivity index (χ1v) is 3.42. The van der Waals surface area contributed by atoms with Gasteiger partial charge < -0.3 is 5.73 Å². The molecule has 0 saturated carbocycles. The normalized spacial score (nSPS) is 10.5. The third-order valence-electron chi connectivity index (χ3n) is 1.30. The van der Waals surface area contributed by atoms with Gasteiger partial charge in [-0.05, 0) is 12.1 Å². The van der Waals surface area contributed by atoms with Gasteiger partial charge in [0.15, 0.2) is 0 Å². The van der Waals surface area contributed by atoms with Crippen LogP contribution < -0.4 is 5.73 Å². The Hall–Kier alpha value is -0.770. The molecule has 0 bridgehead atoms. The number of alkyl halides is 2. The Morgan fingerprint density at radius 3 is 2.45 bits per heavy atom. The molecule has 0 radical (unpaired) electrons. The molecular formula is C7H7F2NS. The quantitative estimate of drug-likeness (QED) is 0.497. The van der Waals surface area contributed by atoms with Crippen molar-refractivity contribution < 1.29 is 8.78 Å². The summed E-state index contributed by atoms with van der Waals surface area (Å²) >= 11 is 3.94. The summed E-state index contributed by atoms with van der Waals surface area (Å²) in [4.78, 5) is 0.523. The standard InChI is InChI=1S/C7H7F2NS/c8-7(9)4-1-2-6(11)5(10)3-4/h1-3,7,11H,10H2. The van der Waals surface area contributed by atoms with Crippen molar-refractivity contribution in [1.29, 1.82) is 0 Å². The highest BCUT2D eigenvalue weighted by Crippen LogP contribution is 2.24. The molecule has 0 aromatic heterocycles. The Labute approximate surface area is 68.6 Å². The van der Waals surface area contributed by atoms with Gasteiger partial charge in [-0.15, -0.1) is 12.6 Å². The fraction of sp³-hybridized carbons (Fsp3) is 0.143. The molecule has 1 rings (SSSR count). The first-order chi connectivity index (χ1) is 5.11. The summed E-state index contributed by atoms with van der Waals surface area (Å²) in [6, 6.07) is 4.00. The molecule has 1 aromatic carbocycles. The average Bonchev–Trinajstić information content (AvgIpc) is 1.94. The van der Waals surface area contributed by atoms with Crippen molar-refractivity contribution in [3.63, 3.8) is 0 Å². The molecule has 0 fully saturated rings. The van der Waals surface area contributed by atoms with E-state index in [1.54, 1.807) is 0 Å². The molecule has 0 spiro atoms. The van der Waals surface area contributed by atoms with Crippen LogP contribution in [0.25, 0.3) is 0 Å². The van der Waals surface area contributed by atoms with Crippen LogP contribution in [0.3, 0.4) is 0 Å². The lowest BCUT2D eigenvalue weighted by molar-refractivity contribution is 0.151. The number of halogens is 2. The largest absolute Gasteiger partial charge is 0.398 e. The molecule has 0 aliphatic heterocycles. The average molecular weight is 175 g/mol. The van der Waals surface area contributed by atoms with Crippen LogP contribution in [-0.4, -0.2) is 0 Å². The number of hydrogen-bond donors (Lipinski definition) is 2. The van der Waals surface area contributed by atoms with Crippen molar-refractivity contribution in [3.05, 3.63) is 23.8 Å². The Balaban J connectivity index is 3.05. The lowest BCUT2D eigenvalue weighted by Crippen LogP contribution is -1.90. The minimum atomic E-state index is -2.47. The highest BCUT2D eigenvalue weighted by Gasteiger charge is 2.07. The topological polar surface area (TPSA) is 26.0 Å². The fourth-order valence-electron chi connectivity index (χ4n) is 0.709. The molecule has 0 amide bonds. The number of hydrogen-bond acceptors (Lipinski definition) is 2. The van der Waals surface area contributed by atoms with Crippen molar-refractivity contribution in [2.75, 3.05) is 5.73 Å². The van der Waals surface area contributed by atoms with Crippen LogP contribution in [0.5, 0.6) is 0 Å². The van der Waals surface area contributed by atoms with E-state index in [9.17, 15) is 8.78 Å². The van der Waals surface area contributed by atoms with Gasteiger partial charge in [0, 0.05) is 16.1 Å². The first kappa shape index (κ1) is 8.33. The molecule has 1 aromatic rings. The second-order valence-electron chi connectivity index (χ2n) is 2.12. The lowest BCUT2D eigenvalue weighted by atomic mass is 10.2. The molecule has 1 nitrogen and oxygen atoms in total. The maximum Gasteiger partial charge on any atom is 0.263 e. The zero-order valence-electron chi connectivity index (χ0n) is 5.59. The monoisotopic (exact) mass is 175 g/mol. The number of thiol groups is 1. The Bertz CT molecular complexity index is 263. The first-order valence-electron chi connectivity index (χ1n) is 2.98. The summed E-state index contributed by atoms with van der Waals surface area (Å²) in [5, 5.41) is 0. The molecule has 0 unspecified atom stereocenters. The minimum absolute atomic E-state index is 0.0692. The second-order valence-corrected chi connectivity index (χ2v) is 2.60. The van der Waals surface area contributed by atoms with E-state index in [0.717, 1.165) is 0 Å². The van der Waals surface area contributed by atoms with Crippen LogP contribution in [0.4, 0.5) is 14.5 Å². The summed E-state index contributed by atoms with van der Waals surface area (Å²) in [5.74, 6) is 0. The predicted molar refractivity (Wildman–Crippen MR) is 43.1 cm³/mol. The smallest absolute Gasteiger partial charge is 0.263 e. The summed E-state index contributed by atoms with van der Waals surface area (Å²) in [5.41, 5.74) is 5.56. The Kier molecular flexibility index (Phi) is 2.34. The maximum atomic E-state index is 12.0. The van der Waals surface area contributed by atoms with E-state index in [4.69, 9.17) is 5.73 Å². The van der Waals surface area contributed by atoms with Crippen molar-refractivity contribution in [2.24, 2.45) is 0 Å².